The predicted octanol–water partition coefficient (Wildman–Crippen LogP) is 4.92. The molecular formula is C27H32ClN5O. The third-order valence-electron chi connectivity index (χ3n) is 7.68. The molecule has 2 aromatic carbocycles. The van der Waals surface area contributed by atoms with Crippen LogP contribution < -0.4 is 14.5 Å². The van der Waals surface area contributed by atoms with Crippen molar-refractivity contribution in [2.45, 2.75) is 44.7 Å². The lowest BCUT2D eigenvalue weighted by atomic mass is 10.0. The molecule has 1 aromatic heterocycles. The van der Waals surface area contributed by atoms with Gasteiger partial charge in [0, 0.05) is 42.3 Å². The highest BCUT2D eigenvalue weighted by molar-refractivity contribution is 6.36. The summed E-state index contributed by atoms with van der Waals surface area (Å²) in [6.07, 6.45) is 5.78. The van der Waals surface area contributed by atoms with Crippen LogP contribution in [0.3, 0.4) is 0 Å². The smallest absolute Gasteiger partial charge is 0.318 e. The monoisotopic (exact) mass is 477 g/mol. The van der Waals surface area contributed by atoms with E-state index in [9.17, 15) is 0 Å². The van der Waals surface area contributed by atoms with Crippen molar-refractivity contribution in [2.24, 2.45) is 0 Å². The molecule has 0 radical (unpaired) electrons. The van der Waals surface area contributed by atoms with E-state index in [-0.39, 0.29) is 0 Å². The van der Waals surface area contributed by atoms with Crippen molar-refractivity contribution in [2.75, 3.05) is 49.6 Å². The van der Waals surface area contributed by atoms with E-state index in [4.69, 9.17) is 26.3 Å². The second kappa shape index (κ2) is 9.23. The van der Waals surface area contributed by atoms with Crippen molar-refractivity contribution >= 4 is 33.9 Å². The second-order valence-corrected chi connectivity index (χ2v) is 10.2. The van der Waals surface area contributed by atoms with Crippen molar-refractivity contribution in [1.29, 1.82) is 0 Å². The zero-order valence-electron chi connectivity index (χ0n) is 19.8. The van der Waals surface area contributed by atoms with Gasteiger partial charge >= 0.3 is 6.01 Å². The Kier molecular flexibility index (Phi) is 5.95. The molecule has 0 aliphatic carbocycles. The summed E-state index contributed by atoms with van der Waals surface area (Å²) in [6, 6.07) is 13.5. The molecule has 1 atom stereocenters. The van der Waals surface area contributed by atoms with Crippen LogP contribution in [0.2, 0.25) is 5.02 Å². The van der Waals surface area contributed by atoms with Crippen LogP contribution >= 0.6 is 11.6 Å². The van der Waals surface area contributed by atoms with Crippen molar-refractivity contribution in [3.8, 4) is 6.01 Å². The van der Waals surface area contributed by atoms with Crippen LogP contribution in [0.1, 0.15) is 36.9 Å². The Bertz CT molecular complexity index is 1190. The minimum Gasteiger partial charge on any atom is -0.462 e. The van der Waals surface area contributed by atoms with E-state index in [2.05, 4.69) is 46.0 Å². The number of fused-ring (bicyclic) bond motifs is 2. The molecule has 0 bridgehead atoms. The van der Waals surface area contributed by atoms with Crippen LogP contribution in [0.5, 0.6) is 6.01 Å². The van der Waals surface area contributed by atoms with Gasteiger partial charge in [-0.2, -0.15) is 9.97 Å². The summed E-state index contributed by atoms with van der Waals surface area (Å²) in [7, 11) is 2.18. The number of likely N-dealkylation sites (tertiary alicyclic amines) is 1. The number of ether oxygens (including phenoxy) is 1. The summed E-state index contributed by atoms with van der Waals surface area (Å²) in [4.78, 5) is 17.1. The maximum Gasteiger partial charge on any atom is 0.318 e. The number of nitrogens with zero attached hydrogens (tertiary/aromatic N) is 5. The first kappa shape index (κ1) is 21.9. The first-order valence-corrected chi connectivity index (χ1v) is 12.9. The van der Waals surface area contributed by atoms with E-state index in [1.54, 1.807) is 0 Å². The molecule has 0 saturated carbocycles. The largest absolute Gasteiger partial charge is 0.462 e. The topological polar surface area (TPSA) is 44.7 Å². The zero-order valence-corrected chi connectivity index (χ0v) is 20.6. The summed E-state index contributed by atoms with van der Waals surface area (Å²) in [5, 5.41) is 3.08. The Morgan fingerprint density at radius 1 is 0.971 bits per heavy atom. The third kappa shape index (κ3) is 4.07. The first-order valence-electron chi connectivity index (χ1n) is 12.6. The molecule has 3 aromatic rings. The van der Waals surface area contributed by atoms with E-state index in [0.29, 0.717) is 18.7 Å². The van der Waals surface area contributed by atoms with Crippen molar-refractivity contribution in [1.82, 2.24) is 14.9 Å². The Morgan fingerprint density at radius 2 is 1.79 bits per heavy atom. The molecule has 4 heterocycles. The predicted molar refractivity (Wildman–Crippen MR) is 138 cm³/mol. The molecule has 0 unspecified atom stereocenters. The van der Waals surface area contributed by atoms with Crippen molar-refractivity contribution in [3.63, 3.8) is 0 Å². The summed E-state index contributed by atoms with van der Waals surface area (Å²) in [6.45, 7) is 5.59. The lowest BCUT2D eigenvalue weighted by Crippen LogP contribution is -2.34. The van der Waals surface area contributed by atoms with Gasteiger partial charge in [0.1, 0.15) is 12.4 Å². The number of halogens is 1. The quantitative estimate of drug-likeness (QED) is 0.519. The van der Waals surface area contributed by atoms with Crippen LogP contribution in [-0.4, -0.2) is 60.7 Å². The lowest BCUT2D eigenvalue weighted by molar-refractivity contribution is 0.187. The average Bonchev–Trinajstić information content (AvgIpc) is 3.54. The first-order chi connectivity index (χ1) is 16.7. The number of rotatable bonds is 5. The summed E-state index contributed by atoms with van der Waals surface area (Å²) < 4.78 is 6.23. The van der Waals surface area contributed by atoms with Gasteiger partial charge in [-0.15, -0.1) is 0 Å². The van der Waals surface area contributed by atoms with Crippen LogP contribution in [0.4, 0.5) is 11.5 Å². The fourth-order valence-electron chi connectivity index (χ4n) is 5.75. The van der Waals surface area contributed by atoms with Gasteiger partial charge in [0.2, 0.25) is 0 Å². The van der Waals surface area contributed by atoms with Crippen LogP contribution in [0, 0.1) is 0 Å². The Hall–Kier alpha value is -2.57. The zero-order chi connectivity index (χ0) is 23.1. The molecule has 178 valence electrons. The minimum absolute atomic E-state index is 0.448. The maximum absolute atomic E-state index is 6.65. The van der Waals surface area contributed by atoms with Crippen LogP contribution in [0.25, 0.3) is 10.8 Å². The number of hydrogen-bond acceptors (Lipinski definition) is 6. The molecule has 3 aliphatic rings. The lowest BCUT2D eigenvalue weighted by Gasteiger charge is -2.33. The van der Waals surface area contributed by atoms with Gasteiger partial charge in [0.25, 0.3) is 0 Å². The number of aromatic nitrogens is 2. The summed E-state index contributed by atoms with van der Waals surface area (Å²) in [5.41, 5.74) is 3.54. The van der Waals surface area contributed by atoms with Gasteiger partial charge in [-0.05, 0) is 63.2 Å². The molecule has 7 heteroatoms. The molecule has 0 N–H and O–H groups in total. The van der Waals surface area contributed by atoms with Crippen molar-refractivity contribution in [3.05, 3.63) is 52.7 Å². The fraction of sp³-hybridized carbons (Fsp3) is 0.481. The molecule has 0 amide bonds. The highest BCUT2D eigenvalue weighted by Gasteiger charge is 2.28. The van der Waals surface area contributed by atoms with E-state index >= 15 is 0 Å². The van der Waals surface area contributed by atoms with Gasteiger partial charge in [0.05, 0.1) is 17.3 Å². The molecule has 0 spiro atoms. The number of hydrogen-bond donors (Lipinski definition) is 0. The SMILES string of the molecule is CN1CCC[C@H]1COc1nc2c(c(N3CCCC3)n1)CCN(c1cccc3cccc(Cl)c13)C2. The Morgan fingerprint density at radius 3 is 2.59 bits per heavy atom. The molecule has 3 aliphatic heterocycles. The summed E-state index contributed by atoms with van der Waals surface area (Å²) >= 11 is 6.65. The second-order valence-electron chi connectivity index (χ2n) is 9.82. The average molecular weight is 478 g/mol. The van der Waals surface area contributed by atoms with E-state index in [0.717, 1.165) is 61.1 Å². The van der Waals surface area contributed by atoms with Crippen molar-refractivity contribution < 1.29 is 4.74 Å². The number of benzene rings is 2. The normalized spacial score (nSPS) is 20.8. The van der Waals surface area contributed by atoms with E-state index < -0.39 is 0 Å². The number of likely N-dealkylation sites (N-methyl/N-ethyl adjacent to an activating group) is 1. The fourth-order valence-corrected chi connectivity index (χ4v) is 6.03. The van der Waals surface area contributed by atoms with E-state index in [1.165, 1.54) is 42.3 Å². The highest BCUT2D eigenvalue weighted by atomic mass is 35.5. The van der Waals surface area contributed by atoms with Crippen LogP contribution in [-0.2, 0) is 13.0 Å². The van der Waals surface area contributed by atoms with Crippen LogP contribution in [0.15, 0.2) is 36.4 Å². The molecule has 2 saturated heterocycles. The highest BCUT2D eigenvalue weighted by Crippen LogP contribution is 2.37. The standard InChI is InChI=1S/C27H32ClN5O/c1-31-13-6-9-20(31)18-34-27-29-23-17-33(16-12-21(23)26(30-27)32-14-2-3-15-32)24-11-5-8-19-7-4-10-22(28)25(19)24/h4-5,7-8,10-11,20H,2-3,6,9,12-18H2,1H3/t20-/m0/s1. The number of anilines is 2. The summed E-state index contributed by atoms with van der Waals surface area (Å²) in [5.74, 6) is 1.09. The van der Waals surface area contributed by atoms with Gasteiger partial charge in [0.15, 0.2) is 0 Å². The Balaban J connectivity index is 1.33. The third-order valence-corrected chi connectivity index (χ3v) is 7.99. The molecule has 6 rings (SSSR count). The minimum atomic E-state index is 0.448. The molecule has 6 nitrogen and oxygen atoms in total. The Labute approximate surface area is 206 Å². The van der Waals surface area contributed by atoms with E-state index in [1.807, 2.05) is 12.1 Å². The van der Waals surface area contributed by atoms with Gasteiger partial charge in [-0.1, -0.05) is 35.9 Å². The molecular weight excluding hydrogens is 446 g/mol. The van der Waals surface area contributed by atoms with Gasteiger partial charge < -0.3 is 19.4 Å². The molecule has 2 fully saturated rings. The van der Waals surface area contributed by atoms with Gasteiger partial charge in [-0.25, -0.2) is 0 Å². The molecule has 34 heavy (non-hydrogen) atoms. The van der Waals surface area contributed by atoms with Gasteiger partial charge in [-0.3, -0.25) is 0 Å². The maximum atomic E-state index is 6.65.